The average molecular weight is 405 g/mol. The molecule has 0 aliphatic carbocycles. The van der Waals surface area contributed by atoms with Crippen LogP contribution in [0.3, 0.4) is 0 Å². The molecule has 7 heteroatoms. The van der Waals surface area contributed by atoms with Gasteiger partial charge in [-0.1, -0.05) is 19.8 Å². The van der Waals surface area contributed by atoms with Crippen molar-refractivity contribution in [2.75, 3.05) is 39.8 Å². The third-order valence-corrected chi connectivity index (χ3v) is 6.56. The summed E-state index contributed by atoms with van der Waals surface area (Å²) in [4.78, 5) is 2.44. The number of nitrogens with zero attached hydrogens (tertiary/aromatic N) is 2. The summed E-state index contributed by atoms with van der Waals surface area (Å²) in [5.74, 6) is 0.594. The van der Waals surface area contributed by atoms with Gasteiger partial charge in [-0.25, -0.2) is 8.42 Å². The summed E-state index contributed by atoms with van der Waals surface area (Å²) in [6.07, 6.45) is 3.21. The highest BCUT2D eigenvalue weighted by Gasteiger charge is 2.28. The maximum atomic E-state index is 12.8. The fourth-order valence-electron chi connectivity index (χ4n) is 2.47. The van der Waals surface area contributed by atoms with Crippen molar-refractivity contribution in [3.05, 3.63) is 22.7 Å². The van der Waals surface area contributed by atoms with E-state index in [1.807, 2.05) is 7.05 Å². The van der Waals surface area contributed by atoms with E-state index in [1.165, 1.54) is 0 Å². The SMILES string of the molecule is CCCCCOc1cc(S(=O)(=O)N2CCN(C)CC2)ccc1Br. The van der Waals surface area contributed by atoms with Crippen LogP contribution in [0.4, 0.5) is 0 Å². The zero-order valence-corrected chi connectivity index (χ0v) is 16.2. The lowest BCUT2D eigenvalue weighted by atomic mass is 10.3. The fourth-order valence-corrected chi connectivity index (χ4v) is 4.27. The van der Waals surface area contributed by atoms with Gasteiger partial charge in [0.1, 0.15) is 5.75 Å². The molecule has 1 aliphatic rings. The van der Waals surface area contributed by atoms with Crippen molar-refractivity contribution in [2.45, 2.75) is 31.1 Å². The van der Waals surface area contributed by atoms with Gasteiger partial charge in [0.2, 0.25) is 10.0 Å². The van der Waals surface area contributed by atoms with Crippen LogP contribution in [0.5, 0.6) is 5.75 Å². The number of benzene rings is 1. The molecule has 1 aromatic carbocycles. The number of rotatable bonds is 7. The summed E-state index contributed by atoms with van der Waals surface area (Å²) in [6, 6.07) is 5.01. The summed E-state index contributed by atoms with van der Waals surface area (Å²) >= 11 is 3.43. The predicted octanol–water partition coefficient (Wildman–Crippen LogP) is 2.95. The molecule has 1 heterocycles. The lowest BCUT2D eigenvalue weighted by molar-refractivity contribution is 0.222. The summed E-state index contributed by atoms with van der Waals surface area (Å²) in [6.45, 7) is 5.32. The monoisotopic (exact) mass is 404 g/mol. The van der Waals surface area contributed by atoms with Crippen LogP contribution < -0.4 is 4.74 Å². The van der Waals surface area contributed by atoms with Gasteiger partial charge in [0.05, 0.1) is 16.0 Å². The van der Waals surface area contributed by atoms with Crippen molar-refractivity contribution >= 4 is 26.0 Å². The van der Waals surface area contributed by atoms with Crippen molar-refractivity contribution in [3.8, 4) is 5.75 Å². The lowest BCUT2D eigenvalue weighted by Crippen LogP contribution is -2.47. The molecule has 0 atom stereocenters. The first kappa shape index (κ1) is 18.7. The van der Waals surface area contributed by atoms with Crippen LogP contribution in [-0.4, -0.2) is 57.5 Å². The number of hydrogen-bond acceptors (Lipinski definition) is 4. The molecule has 0 bridgehead atoms. The van der Waals surface area contributed by atoms with Crippen molar-refractivity contribution in [1.29, 1.82) is 0 Å². The fraction of sp³-hybridized carbons (Fsp3) is 0.625. The van der Waals surface area contributed by atoms with Gasteiger partial charge in [0.25, 0.3) is 0 Å². The topological polar surface area (TPSA) is 49.9 Å². The molecule has 2 rings (SSSR count). The molecular formula is C16H25BrN2O3S. The molecule has 0 radical (unpaired) electrons. The third-order valence-electron chi connectivity index (χ3n) is 4.01. The lowest BCUT2D eigenvalue weighted by Gasteiger charge is -2.31. The van der Waals surface area contributed by atoms with Gasteiger partial charge in [-0.3, -0.25) is 0 Å². The number of likely N-dealkylation sites (N-methyl/N-ethyl adjacent to an activating group) is 1. The van der Waals surface area contributed by atoms with Crippen molar-refractivity contribution in [2.24, 2.45) is 0 Å². The quantitative estimate of drug-likeness (QED) is 0.655. The van der Waals surface area contributed by atoms with E-state index in [-0.39, 0.29) is 0 Å². The van der Waals surface area contributed by atoms with Gasteiger partial charge in [0.15, 0.2) is 0 Å². The molecule has 0 unspecified atom stereocenters. The first-order chi connectivity index (χ1) is 10.9. The number of halogens is 1. The Morgan fingerprint density at radius 2 is 1.87 bits per heavy atom. The molecular weight excluding hydrogens is 380 g/mol. The highest BCUT2D eigenvalue weighted by molar-refractivity contribution is 9.10. The molecule has 1 fully saturated rings. The molecule has 0 aromatic heterocycles. The van der Waals surface area contributed by atoms with Gasteiger partial charge in [0, 0.05) is 32.2 Å². The largest absolute Gasteiger partial charge is 0.492 e. The zero-order valence-electron chi connectivity index (χ0n) is 13.8. The number of sulfonamides is 1. The van der Waals surface area contributed by atoms with Crippen LogP contribution in [0.15, 0.2) is 27.6 Å². The number of hydrogen-bond donors (Lipinski definition) is 0. The van der Waals surface area contributed by atoms with E-state index >= 15 is 0 Å². The van der Waals surface area contributed by atoms with Gasteiger partial charge < -0.3 is 9.64 Å². The Morgan fingerprint density at radius 3 is 2.52 bits per heavy atom. The van der Waals surface area contributed by atoms with Crippen LogP contribution in [0.25, 0.3) is 0 Å². The summed E-state index contributed by atoms with van der Waals surface area (Å²) < 4.78 is 33.6. The Balaban J connectivity index is 2.12. The third kappa shape index (κ3) is 4.92. The van der Waals surface area contributed by atoms with Crippen LogP contribution in [0.1, 0.15) is 26.2 Å². The molecule has 1 aromatic rings. The molecule has 0 N–H and O–H groups in total. The molecule has 0 saturated carbocycles. The second-order valence-corrected chi connectivity index (χ2v) is 8.65. The average Bonchev–Trinajstić information content (AvgIpc) is 2.53. The van der Waals surface area contributed by atoms with Gasteiger partial charge >= 0.3 is 0 Å². The molecule has 130 valence electrons. The van der Waals surface area contributed by atoms with E-state index in [2.05, 4.69) is 27.8 Å². The normalized spacial score (nSPS) is 17.3. The van der Waals surface area contributed by atoms with Crippen molar-refractivity contribution in [3.63, 3.8) is 0 Å². The van der Waals surface area contributed by atoms with Crippen molar-refractivity contribution in [1.82, 2.24) is 9.21 Å². The van der Waals surface area contributed by atoms with Crippen LogP contribution >= 0.6 is 15.9 Å². The van der Waals surface area contributed by atoms with E-state index in [0.29, 0.717) is 30.3 Å². The summed E-state index contributed by atoms with van der Waals surface area (Å²) in [7, 11) is -1.45. The highest BCUT2D eigenvalue weighted by atomic mass is 79.9. The summed E-state index contributed by atoms with van der Waals surface area (Å²) in [5, 5.41) is 0. The molecule has 23 heavy (non-hydrogen) atoms. The Labute approximate surface area is 147 Å². The molecule has 1 aliphatic heterocycles. The number of unbranched alkanes of at least 4 members (excludes halogenated alkanes) is 2. The smallest absolute Gasteiger partial charge is 0.243 e. The molecule has 5 nitrogen and oxygen atoms in total. The first-order valence-electron chi connectivity index (χ1n) is 8.06. The standard InChI is InChI=1S/C16H25BrN2O3S/c1-3-4-5-12-22-16-13-14(6-7-15(16)17)23(20,21)19-10-8-18(2)9-11-19/h6-7,13H,3-5,8-12H2,1-2H3. The first-order valence-corrected chi connectivity index (χ1v) is 10.3. The van der Waals surface area contributed by atoms with Crippen LogP contribution in [-0.2, 0) is 10.0 Å². The molecule has 0 spiro atoms. The Bertz CT molecular complexity index is 614. The van der Waals surface area contributed by atoms with E-state index in [9.17, 15) is 8.42 Å². The Kier molecular flexibility index (Phi) is 6.88. The van der Waals surface area contributed by atoms with E-state index in [0.717, 1.165) is 36.8 Å². The zero-order chi connectivity index (χ0) is 16.9. The second kappa shape index (κ2) is 8.46. The van der Waals surface area contributed by atoms with E-state index < -0.39 is 10.0 Å². The van der Waals surface area contributed by atoms with Gasteiger partial charge in [-0.2, -0.15) is 4.31 Å². The minimum absolute atomic E-state index is 0.302. The molecule has 1 saturated heterocycles. The maximum Gasteiger partial charge on any atom is 0.243 e. The number of ether oxygens (including phenoxy) is 1. The van der Waals surface area contributed by atoms with Crippen LogP contribution in [0, 0.1) is 0 Å². The van der Waals surface area contributed by atoms with Crippen molar-refractivity contribution < 1.29 is 13.2 Å². The second-order valence-electron chi connectivity index (χ2n) is 5.86. The summed E-state index contributed by atoms with van der Waals surface area (Å²) in [5.41, 5.74) is 0. The minimum atomic E-state index is -3.45. The highest BCUT2D eigenvalue weighted by Crippen LogP contribution is 2.29. The number of piperazine rings is 1. The van der Waals surface area contributed by atoms with E-state index in [4.69, 9.17) is 4.74 Å². The Hall–Kier alpha value is -0.630. The predicted molar refractivity (Wildman–Crippen MR) is 95.4 cm³/mol. The van der Waals surface area contributed by atoms with Gasteiger partial charge in [-0.05, 0) is 41.5 Å². The van der Waals surface area contributed by atoms with Gasteiger partial charge in [-0.15, -0.1) is 0 Å². The Morgan fingerprint density at radius 1 is 1.17 bits per heavy atom. The maximum absolute atomic E-state index is 12.8. The minimum Gasteiger partial charge on any atom is -0.492 e. The van der Waals surface area contributed by atoms with E-state index in [1.54, 1.807) is 22.5 Å². The molecule has 0 amide bonds. The van der Waals surface area contributed by atoms with Crippen LogP contribution in [0.2, 0.25) is 0 Å².